The molecule has 1 aliphatic rings. The summed E-state index contributed by atoms with van der Waals surface area (Å²) in [6.45, 7) is 0.543. The number of hydrogen-bond donors (Lipinski definition) is 2. The first-order valence-corrected chi connectivity index (χ1v) is 6.63. The number of aliphatic hydroxyl groups excluding tert-OH is 1. The molecule has 0 unspecified atom stereocenters. The Labute approximate surface area is 111 Å². The van der Waals surface area contributed by atoms with Crippen LogP contribution in [0, 0.1) is 5.82 Å². The van der Waals surface area contributed by atoms with E-state index in [0.717, 1.165) is 18.5 Å². The topological polar surface area (TPSA) is 49.5 Å². The summed E-state index contributed by atoms with van der Waals surface area (Å²) in [5.74, 6) is -0.506. The smallest absolute Gasteiger partial charge is 0.143 e. The normalized spacial score (nSPS) is 16.2. The monoisotopic (exact) mass is 272 g/mol. The number of nitrogens with two attached hydrogens (primary N) is 1. The quantitative estimate of drug-likeness (QED) is 0.829. The van der Waals surface area contributed by atoms with E-state index in [0.29, 0.717) is 18.3 Å². The maximum absolute atomic E-state index is 13.3. The summed E-state index contributed by atoms with van der Waals surface area (Å²) in [5.41, 5.74) is 6.96. The highest BCUT2D eigenvalue weighted by Crippen LogP contribution is 2.34. The van der Waals surface area contributed by atoms with Crippen LogP contribution in [0.15, 0.2) is 12.1 Å². The van der Waals surface area contributed by atoms with E-state index in [-0.39, 0.29) is 11.6 Å². The maximum Gasteiger partial charge on any atom is 0.143 e. The zero-order valence-electron chi connectivity index (χ0n) is 10.2. The van der Waals surface area contributed by atoms with Crippen LogP contribution in [-0.4, -0.2) is 24.3 Å². The third-order valence-electron chi connectivity index (χ3n) is 3.49. The lowest BCUT2D eigenvalue weighted by Crippen LogP contribution is -2.36. The standard InChI is InChI=1S/C13H18ClFN2O/c14-10-7-13(12(16)8-11(10)15)17(5-6-18)9-3-1-2-4-9/h7-9,18H,1-6,16H2. The fourth-order valence-corrected chi connectivity index (χ4v) is 2.78. The van der Waals surface area contributed by atoms with Crippen LogP contribution in [0.5, 0.6) is 0 Å². The van der Waals surface area contributed by atoms with Gasteiger partial charge in [0.05, 0.1) is 23.0 Å². The number of halogens is 2. The Morgan fingerprint density at radius 3 is 2.67 bits per heavy atom. The van der Waals surface area contributed by atoms with Crippen LogP contribution < -0.4 is 10.6 Å². The summed E-state index contributed by atoms with van der Waals surface area (Å²) in [5, 5.41) is 9.25. The van der Waals surface area contributed by atoms with E-state index in [1.54, 1.807) is 6.07 Å². The van der Waals surface area contributed by atoms with Crippen LogP contribution in [0.1, 0.15) is 25.7 Å². The predicted molar refractivity (Wildman–Crippen MR) is 72.5 cm³/mol. The van der Waals surface area contributed by atoms with Gasteiger partial charge in [0, 0.05) is 18.7 Å². The number of benzene rings is 1. The van der Waals surface area contributed by atoms with E-state index < -0.39 is 5.82 Å². The van der Waals surface area contributed by atoms with Crippen LogP contribution in [0.3, 0.4) is 0 Å². The van der Waals surface area contributed by atoms with Gasteiger partial charge in [0.15, 0.2) is 0 Å². The molecule has 1 aromatic carbocycles. The molecule has 0 bridgehead atoms. The second kappa shape index (κ2) is 5.76. The summed E-state index contributed by atoms with van der Waals surface area (Å²) in [7, 11) is 0. The molecule has 0 aromatic heterocycles. The number of hydrogen-bond acceptors (Lipinski definition) is 3. The van der Waals surface area contributed by atoms with E-state index in [4.69, 9.17) is 17.3 Å². The van der Waals surface area contributed by atoms with E-state index in [9.17, 15) is 9.50 Å². The van der Waals surface area contributed by atoms with Crippen molar-refractivity contribution >= 4 is 23.0 Å². The Hall–Kier alpha value is -1.00. The second-order valence-corrected chi connectivity index (χ2v) is 5.09. The number of nitrogen functional groups attached to an aromatic ring is 1. The van der Waals surface area contributed by atoms with Gasteiger partial charge in [-0.25, -0.2) is 4.39 Å². The first-order chi connectivity index (χ1) is 8.63. The minimum Gasteiger partial charge on any atom is -0.397 e. The van der Waals surface area contributed by atoms with Gasteiger partial charge in [-0.15, -0.1) is 0 Å². The summed E-state index contributed by atoms with van der Waals surface area (Å²) >= 11 is 5.82. The van der Waals surface area contributed by atoms with Crippen molar-refractivity contribution in [3.63, 3.8) is 0 Å². The van der Waals surface area contributed by atoms with E-state index in [1.165, 1.54) is 18.9 Å². The molecule has 0 spiro atoms. The molecule has 0 saturated heterocycles. The van der Waals surface area contributed by atoms with Gasteiger partial charge in [0.25, 0.3) is 0 Å². The van der Waals surface area contributed by atoms with E-state index >= 15 is 0 Å². The molecule has 3 nitrogen and oxygen atoms in total. The Bertz CT molecular complexity index is 422. The zero-order valence-corrected chi connectivity index (χ0v) is 11.0. The molecule has 0 atom stereocenters. The third kappa shape index (κ3) is 2.70. The molecule has 5 heteroatoms. The Morgan fingerprint density at radius 1 is 1.39 bits per heavy atom. The van der Waals surface area contributed by atoms with E-state index in [1.807, 2.05) is 4.90 Å². The largest absolute Gasteiger partial charge is 0.397 e. The molecular weight excluding hydrogens is 255 g/mol. The van der Waals surface area contributed by atoms with E-state index in [2.05, 4.69) is 0 Å². The maximum atomic E-state index is 13.3. The molecule has 1 aromatic rings. The molecule has 1 aliphatic carbocycles. The van der Waals surface area contributed by atoms with Gasteiger partial charge >= 0.3 is 0 Å². The van der Waals surface area contributed by atoms with Crippen molar-refractivity contribution in [1.29, 1.82) is 0 Å². The number of nitrogens with zero attached hydrogens (tertiary/aromatic N) is 1. The minimum absolute atomic E-state index is 0.0466. The molecule has 18 heavy (non-hydrogen) atoms. The molecular formula is C13H18ClFN2O. The Kier molecular flexibility index (Phi) is 4.30. The molecule has 3 N–H and O–H groups in total. The summed E-state index contributed by atoms with van der Waals surface area (Å²) in [6, 6.07) is 3.16. The van der Waals surface area contributed by atoms with Crippen molar-refractivity contribution in [3.8, 4) is 0 Å². The van der Waals surface area contributed by atoms with Gasteiger partial charge < -0.3 is 15.7 Å². The first kappa shape index (κ1) is 13.4. The summed E-state index contributed by atoms with van der Waals surface area (Å²) in [6.07, 6.45) is 4.52. The van der Waals surface area contributed by atoms with Crippen molar-refractivity contribution in [2.24, 2.45) is 0 Å². The van der Waals surface area contributed by atoms with Gasteiger partial charge in [0.1, 0.15) is 5.82 Å². The highest BCUT2D eigenvalue weighted by molar-refractivity contribution is 6.31. The lowest BCUT2D eigenvalue weighted by molar-refractivity contribution is 0.297. The second-order valence-electron chi connectivity index (χ2n) is 4.68. The lowest BCUT2D eigenvalue weighted by atomic mass is 10.1. The van der Waals surface area contributed by atoms with Crippen molar-refractivity contribution in [1.82, 2.24) is 0 Å². The Balaban J connectivity index is 2.32. The van der Waals surface area contributed by atoms with Crippen LogP contribution in [0.2, 0.25) is 5.02 Å². The predicted octanol–water partition coefficient (Wildman–Crippen LogP) is 2.80. The van der Waals surface area contributed by atoms with Crippen LogP contribution in [0.4, 0.5) is 15.8 Å². The molecule has 0 heterocycles. The van der Waals surface area contributed by atoms with Gasteiger partial charge in [-0.2, -0.15) is 0 Å². The molecule has 2 rings (SSSR count). The van der Waals surface area contributed by atoms with Gasteiger partial charge in [0.2, 0.25) is 0 Å². The first-order valence-electron chi connectivity index (χ1n) is 6.25. The molecule has 1 saturated carbocycles. The average Bonchev–Trinajstić information content (AvgIpc) is 2.85. The third-order valence-corrected chi connectivity index (χ3v) is 3.78. The van der Waals surface area contributed by atoms with Crippen molar-refractivity contribution in [2.45, 2.75) is 31.7 Å². The molecule has 100 valence electrons. The highest BCUT2D eigenvalue weighted by Gasteiger charge is 2.24. The van der Waals surface area contributed by atoms with Crippen LogP contribution in [0.25, 0.3) is 0 Å². The van der Waals surface area contributed by atoms with Crippen LogP contribution in [-0.2, 0) is 0 Å². The fraction of sp³-hybridized carbons (Fsp3) is 0.538. The van der Waals surface area contributed by atoms with Crippen molar-refractivity contribution in [3.05, 3.63) is 23.0 Å². The van der Waals surface area contributed by atoms with Gasteiger partial charge in [-0.05, 0) is 18.9 Å². The van der Waals surface area contributed by atoms with Crippen LogP contribution >= 0.6 is 11.6 Å². The van der Waals surface area contributed by atoms with Gasteiger partial charge in [-0.3, -0.25) is 0 Å². The molecule has 0 aliphatic heterocycles. The van der Waals surface area contributed by atoms with Gasteiger partial charge in [-0.1, -0.05) is 24.4 Å². The number of rotatable bonds is 4. The average molecular weight is 273 g/mol. The zero-order chi connectivity index (χ0) is 13.1. The van der Waals surface area contributed by atoms with Crippen molar-refractivity contribution in [2.75, 3.05) is 23.8 Å². The summed E-state index contributed by atoms with van der Waals surface area (Å²) < 4.78 is 13.3. The fourth-order valence-electron chi connectivity index (χ4n) is 2.62. The number of aliphatic hydroxyl groups is 1. The minimum atomic E-state index is -0.506. The molecule has 1 fully saturated rings. The number of anilines is 2. The highest BCUT2D eigenvalue weighted by atomic mass is 35.5. The van der Waals surface area contributed by atoms with Crippen molar-refractivity contribution < 1.29 is 9.50 Å². The lowest BCUT2D eigenvalue weighted by Gasteiger charge is -2.31. The Morgan fingerprint density at radius 2 is 2.06 bits per heavy atom. The summed E-state index contributed by atoms with van der Waals surface area (Å²) in [4.78, 5) is 2.05. The SMILES string of the molecule is Nc1cc(F)c(Cl)cc1N(CCO)C1CCCC1. The molecule has 0 radical (unpaired) electrons. The molecule has 0 amide bonds.